The number of imide groups is 1. The quantitative estimate of drug-likeness (QED) is 0.178. The molecule has 0 unspecified atom stereocenters. The molecule has 0 aliphatic carbocycles. The molecule has 2 amide bonds. The SMILES string of the molecule is Cc1ccc(S(=O)(=O)Oc2ccc3ccccc3c2/C=C2\SC(=O)N(Cc3ccccc3Br)C2=O)cc1. The van der Waals surface area contributed by atoms with E-state index in [4.69, 9.17) is 4.18 Å². The molecule has 0 bridgehead atoms. The highest BCUT2D eigenvalue weighted by molar-refractivity contribution is 9.10. The average molecular weight is 595 g/mol. The highest BCUT2D eigenvalue weighted by atomic mass is 79.9. The summed E-state index contributed by atoms with van der Waals surface area (Å²) in [7, 11) is -4.14. The summed E-state index contributed by atoms with van der Waals surface area (Å²) in [5.74, 6) is -0.386. The first-order valence-electron chi connectivity index (χ1n) is 11.2. The van der Waals surface area contributed by atoms with Crippen LogP contribution in [-0.2, 0) is 21.5 Å². The van der Waals surface area contributed by atoms with Gasteiger partial charge >= 0.3 is 10.1 Å². The average Bonchev–Trinajstić information content (AvgIpc) is 3.14. The molecule has 186 valence electrons. The molecule has 6 nitrogen and oxygen atoms in total. The summed E-state index contributed by atoms with van der Waals surface area (Å²) in [5.41, 5.74) is 2.12. The van der Waals surface area contributed by atoms with Gasteiger partial charge in [-0.25, -0.2) is 0 Å². The second-order valence-corrected chi connectivity index (χ2v) is 11.8. The van der Waals surface area contributed by atoms with Gasteiger partial charge in [0, 0.05) is 10.0 Å². The number of thioether (sulfide) groups is 1. The predicted molar refractivity (Wildman–Crippen MR) is 149 cm³/mol. The lowest BCUT2D eigenvalue weighted by Crippen LogP contribution is -2.27. The van der Waals surface area contributed by atoms with Crippen LogP contribution in [0.25, 0.3) is 16.8 Å². The minimum absolute atomic E-state index is 0.0194. The van der Waals surface area contributed by atoms with Crippen LogP contribution in [0.4, 0.5) is 4.79 Å². The Morgan fingerprint density at radius 1 is 0.919 bits per heavy atom. The number of hydrogen-bond donors (Lipinski definition) is 0. The van der Waals surface area contributed by atoms with Crippen LogP contribution in [0.2, 0.25) is 0 Å². The fourth-order valence-electron chi connectivity index (χ4n) is 3.93. The molecule has 1 fully saturated rings. The molecule has 1 aliphatic rings. The largest absolute Gasteiger partial charge is 0.378 e. The smallest absolute Gasteiger partial charge is 0.339 e. The molecule has 4 aromatic rings. The molecule has 0 radical (unpaired) electrons. The number of rotatable bonds is 6. The Morgan fingerprint density at radius 3 is 2.38 bits per heavy atom. The molecule has 0 aromatic heterocycles. The summed E-state index contributed by atoms with van der Waals surface area (Å²) in [6, 6.07) is 24.4. The van der Waals surface area contributed by atoms with Crippen LogP contribution in [0.15, 0.2) is 99.2 Å². The molecule has 1 aliphatic heterocycles. The van der Waals surface area contributed by atoms with Crippen LogP contribution in [0.5, 0.6) is 5.75 Å². The van der Waals surface area contributed by atoms with Gasteiger partial charge in [-0.2, -0.15) is 8.42 Å². The Balaban J connectivity index is 1.55. The molecule has 0 atom stereocenters. The topological polar surface area (TPSA) is 80.8 Å². The number of hydrogen-bond acceptors (Lipinski definition) is 6. The number of amides is 2. The van der Waals surface area contributed by atoms with Gasteiger partial charge in [-0.1, -0.05) is 82.2 Å². The monoisotopic (exact) mass is 593 g/mol. The minimum atomic E-state index is -4.14. The van der Waals surface area contributed by atoms with E-state index >= 15 is 0 Å². The Morgan fingerprint density at radius 2 is 1.62 bits per heavy atom. The lowest BCUT2D eigenvalue weighted by Gasteiger charge is -2.14. The number of benzene rings is 4. The fraction of sp³-hybridized carbons (Fsp3) is 0.0714. The predicted octanol–water partition coefficient (Wildman–Crippen LogP) is 6.91. The molecule has 5 rings (SSSR count). The van der Waals surface area contributed by atoms with Gasteiger partial charge in [0.05, 0.1) is 11.4 Å². The zero-order chi connectivity index (χ0) is 26.2. The fourth-order valence-corrected chi connectivity index (χ4v) is 6.11. The van der Waals surface area contributed by atoms with Crippen molar-refractivity contribution in [3.05, 3.63) is 111 Å². The number of carbonyl (C=O) groups is 2. The van der Waals surface area contributed by atoms with Crippen LogP contribution < -0.4 is 4.18 Å². The van der Waals surface area contributed by atoms with E-state index in [0.717, 1.165) is 32.7 Å². The summed E-state index contributed by atoms with van der Waals surface area (Å²) >= 11 is 4.27. The van der Waals surface area contributed by atoms with Crippen molar-refractivity contribution in [1.82, 2.24) is 4.90 Å². The van der Waals surface area contributed by atoms with Crippen molar-refractivity contribution in [1.29, 1.82) is 0 Å². The third-order valence-electron chi connectivity index (χ3n) is 5.88. The maximum absolute atomic E-state index is 13.3. The first-order chi connectivity index (χ1) is 17.7. The lowest BCUT2D eigenvalue weighted by atomic mass is 10.0. The van der Waals surface area contributed by atoms with Crippen molar-refractivity contribution < 1.29 is 22.2 Å². The van der Waals surface area contributed by atoms with E-state index in [0.29, 0.717) is 10.9 Å². The standard InChI is InChI=1S/C28H20BrNO5S2/c1-18-10-13-21(14-11-18)37(33,34)35-25-15-12-19-6-2-4-8-22(19)23(25)16-26-27(31)30(28(32)36-26)17-20-7-3-5-9-24(20)29/h2-16H,17H2,1H3/b26-16-. The van der Waals surface area contributed by atoms with Crippen molar-refractivity contribution in [2.75, 3.05) is 0 Å². The summed E-state index contributed by atoms with van der Waals surface area (Å²) in [4.78, 5) is 27.4. The second-order valence-electron chi connectivity index (χ2n) is 8.41. The van der Waals surface area contributed by atoms with Crippen LogP contribution in [0.3, 0.4) is 0 Å². The number of halogens is 1. The highest BCUT2D eigenvalue weighted by Gasteiger charge is 2.35. The number of nitrogens with zero attached hydrogens (tertiary/aromatic N) is 1. The van der Waals surface area contributed by atoms with E-state index in [9.17, 15) is 18.0 Å². The van der Waals surface area contributed by atoms with Gasteiger partial charge in [0.25, 0.3) is 11.1 Å². The molecule has 9 heteroatoms. The molecule has 0 N–H and O–H groups in total. The van der Waals surface area contributed by atoms with Gasteiger partial charge < -0.3 is 4.18 Å². The molecule has 37 heavy (non-hydrogen) atoms. The molecular weight excluding hydrogens is 574 g/mol. The van der Waals surface area contributed by atoms with E-state index < -0.39 is 21.3 Å². The van der Waals surface area contributed by atoms with Crippen molar-refractivity contribution >= 4 is 65.8 Å². The first kappa shape index (κ1) is 25.3. The third-order valence-corrected chi connectivity index (χ3v) is 8.80. The first-order valence-corrected chi connectivity index (χ1v) is 14.3. The molecule has 1 saturated heterocycles. The van der Waals surface area contributed by atoms with E-state index in [1.165, 1.54) is 23.1 Å². The van der Waals surface area contributed by atoms with E-state index in [1.54, 1.807) is 24.3 Å². The van der Waals surface area contributed by atoms with Gasteiger partial charge in [-0.05, 0) is 65.4 Å². The van der Waals surface area contributed by atoms with Crippen LogP contribution >= 0.6 is 27.7 Å². The Kier molecular flexibility index (Phi) is 6.94. The third kappa shape index (κ3) is 5.20. The summed E-state index contributed by atoms with van der Waals surface area (Å²) in [6.07, 6.45) is 1.53. The van der Waals surface area contributed by atoms with Crippen molar-refractivity contribution in [3.8, 4) is 5.75 Å². The summed E-state index contributed by atoms with van der Waals surface area (Å²) in [5, 5.41) is 1.12. The van der Waals surface area contributed by atoms with Gasteiger partial charge in [-0.15, -0.1) is 0 Å². The summed E-state index contributed by atoms with van der Waals surface area (Å²) in [6.45, 7) is 1.98. The Bertz CT molecular complexity index is 1680. The van der Waals surface area contributed by atoms with Gasteiger partial charge in [0.1, 0.15) is 4.90 Å². The van der Waals surface area contributed by atoms with Gasteiger partial charge in [0.15, 0.2) is 5.75 Å². The lowest BCUT2D eigenvalue weighted by molar-refractivity contribution is -0.123. The van der Waals surface area contributed by atoms with Crippen LogP contribution in [-0.4, -0.2) is 24.5 Å². The minimum Gasteiger partial charge on any atom is -0.378 e. The highest BCUT2D eigenvalue weighted by Crippen LogP contribution is 2.38. The number of fused-ring (bicyclic) bond motifs is 1. The van der Waals surface area contributed by atoms with E-state index in [2.05, 4.69) is 15.9 Å². The maximum atomic E-state index is 13.3. The van der Waals surface area contributed by atoms with E-state index in [-0.39, 0.29) is 22.1 Å². The van der Waals surface area contributed by atoms with Crippen molar-refractivity contribution in [3.63, 3.8) is 0 Å². The normalized spacial score (nSPS) is 15.1. The van der Waals surface area contributed by atoms with Gasteiger partial charge in [-0.3, -0.25) is 14.5 Å². The second kappa shape index (κ2) is 10.2. The Labute approximate surface area is 227 Å². The maximum Gasteiger partial charge on any atom is 0.339 e. The molecule has 0 spiro atoms. The summed E-state index contributed by atoms with van der Waals surface area (Å²) < 4.78 is 32.5. The zero-order valence-electron chi connectivity index (χ0n) is 19.6. The van der Waals surface area contributed by atoms with Crippen LogP contribution in [0.1, 0.15) is 16.7 Å². The van der Waals surface area contributed by atoms with Crippen LogP contribution in [0, 0.1) is 6.92 Å². The molecule has 0 saturated carbocycles. The number of carbonyl (C=O) groups excluding carboxylic acids is 2. The van der Waals surface area contributed by atoms with Gasteiger partial charge in [0.2, 0.25) is 0 Å². The van der Waals surface area contributed by atoms with Crippen molar-refractivity contribution in [2.45, 2.75) is 18.4 Å². The zero-order valence-corrected chi connectivity index (χ0v) is 22.8. The number of aryl methyl sites for hydroxylation is 1. The molecular formula is C28H20BrNO5S2. The Hall–Kier alpha value is -3.40. The van der Waals surface area contributed by atoms with E-state index in [1.807, 2.05) is 55.5 Å². The van der Waals surface area contributed by atoms with Crippen molar-refractivity contribution in [2.24, 2.45) is 0 Å². The molecule has 4 aromatic carbocycles. The molecule has 1 heterocycles.